The Morgan fingerprint density at radius 1 is 1.33 bits per heavy atom. The fraction of sp³-hybridized carbons (Fsp3) is 0.222. The Hall–Kier alpha value is -1.35. The predicted octanol–water partition coefficient (Wildman–Crippen LogP) is 0.688. The Morgan fingerprint density at radius 2 is 2.00 bits per heavy atom. The first-order valence-electron chi connectivity index (χ1n) is 3.72. The molecule has 3 nitrogen and oxygen atoms in total. The molecule has 0 aliphatic heterocycles. The van der Waals surface area contributed by atoms with Gasteiger partial charge in [-0.3, -0.25) is 4.79 Å². The molecule has 0 aromatic heterocycles. The first kappa shape index (κ1) is 8.74. The monoisotopic (exact) mass is 166 g/mol. The van der Waals surface area contributed by atoms with E-state index in [9.17, 15) is 4.79 Å². The van der Waals surface area contributed by atoms with Crippen molar-refractivity contribution < 1.29 is 9.53 Å². The fourth-order valence-electron chi connectivity index (χ4n) is 0.797. The van der Waals surface area contributed by atoms with Crippen LogP contribution in [-0.2, 0) is 16.1 Å². The van der Waals surface area contributed by atoms with Gasteiger partial charge in [-0.1, -0.05) is 30.3 Å². The van der Waals surface area contributed by atoms with Gasteiger partial charge in [0.05, 0.1) is 6.54 Å². The molecule has 1 aromatic rings. The Bertz CT molecular complexity index is 246. The normalized spacial score (nSPS) is 9.42. The summed E-state index contributed by atoms with van der Waals surface area (Å²) in [6.45, 7) is 0.240. The largest absolute Gasteiger partial charge is 0.460 e. The number of rotatable bonds is 3. The van der Waals surface area contributed by atoms with Crippen LogP contribution in [0, 0.1) is 0 Å². The maximum Gasteiger partial charge on any atom is 0.320 e. The van der Waals surface area contributed by atoms with Gasteiger partial charge in [-0.15, -0.1) is 0 Å². The van der Waals surface area contributed by atoms with Crippen LogP contribution in [0.25, 0.3) is 0 Å². The predicted molar refractivity (Wildman–Crippen MR) is 45.3 cm³/mol. The van der Waals surface area contributed by atoms with Crippen LogP contribution in [-0.4, -0.2) is 12.5 Å². The molecule has 0 bridgehead atoms. The van der Waals surface area contributed by atoms with Crippen LogP contribution >= 0.6 is 0 Å². The van der Waals surface area contributed by atoms with Crippen LogP contribution in [0.15, 0.2) is 30.3 Å². The topological polar surface area (TPSA) is 52.3 Å². The lowest BCUT2D eigenvalue weighted by Crippen LogP contribution is -2.16. The van der Waals surface area contributed by atoms with Gasteiger partial charge in [0.25, 0.3) is 0 Å². The van der Waals surface area contributed by atoms with Gasteiger partial charge in [0, 0.05) is 0 Å². The quantitative estimate of drug-likeness (QED) is 0.531. The van der Waals surface area contributed by atoms with Gasteiger partial charge in [0.15, 0.2) is 0 Å². The molecular weight excluding hydrogens is 155 g/mol. The first-order valence-corrected chi connectivity index (χ1v) is 3.72. The molecule has 0 spiro atoms. The highest BCUT2D eigenvalue weighted by molar-refractivity contribution is 5.71. The summed E-state index contributed by atoms with van der Waals surface area (Å²) >= 11 is 0. The van der Waals surface area contributed by atoms with Crippen molar-refractivity contribution in [3.63, 3.8) is 0 Å². The summed E-state index contributed by atoms with van der Waals surface area (Å²) in [6.07, 6.45) is 0. The van der Waals surface area contributed by atoms with E-state index in [1.807, 2.05) is 30.3 Å². The van der Waals surface area contributed by atoms with Crippen molar-refractivity contribution in [1.82, 2.24) is 0 Å². The third kappa shape index (κ3) is 2.72. The van der Waals surface area contributed by atoms with E-state index in [0.29, 0.717) is 6.61 Å². The molecule has 0 amide bonds. The summed E-state index contributed by atoms with van der Waals surface area (Å²) in [7, 11) is 0. The molecule has 0 saturated carbocycles. The van der Waals surface area contributed by atoms with Gasteiger partial charge >= 0.3 is 5.97 Å². The number of hydrogen-bond donors (Lipinski definition) is 1. The summed E-state index contributed by atoms with van der Waals surface area (Å²) in [4.78, 5) is 10.6. The van der Waals surface area contributed by atoms with Gasteiger partial charge in [0.1, 0.15) is 6.61 Å². The maximum atomic E-state index is 10.6. The molecular formula is C9H11NO2. The second kappa shape index (κ2) is 4.51. The maximum absolute atomic E-state index is 10.6. The first-order chi connectivity index (χ1) is 5.83. The van der Waals surface area contributed by atoms with Crippen LogP contribution in [0.4, 0.5) is 0 Å². The number of nitrogens with two attached hydrogens (primary N) is 1. The molecule has 1 aromatic carbocycles. The average Bonchev–Trinajstić information content (AvgIpc) is 2.16. The number of carbonyl (C=O) groups is 1. The third-order valence-electron chi connectivity index (χ3n) is 1.41. The van der Waals surface area contributed by atoms with Crippen LogP contribution in [0.5, 0.6) is 0 Å². The summed E-state index contributed by atoms with van der Waals surface area (Å²) in [5.74, 6) is -0.376. The van der Waals surface area contributed by atoms with Crippen molar-refractivity contribution in [3.05, 3.63) is 35.9 Å². The smallest absolute Gasteiger partial charge is 0.320 e. The lowest BCUT2D eigenvalue weighted by molar-refractivity contribution is -0.143. The van der Waals surface area contributed by atoms with Gasteiger partial charge < -0.3 is 10.5 Å². The minimum atomic E-state index is -0.376. The molecule has 0 saturated heterocycles. The number of ether oxygens (including phenoxy) is 1. The summed E-state index contributed by atoms with van der Waals surface area (Å²) < 4.78 is 4.81. The second-order valence-corrected chi connectivity index (χ2v) is 2.35. The highest BCUT2D eigenvalue weighted by Gasteiger charge is 1.97. The minimum absolute atomic E-state index is 0.0627. The van der Waals surface area contributed by atoms with Crippen LogP contribution in [0.2, 0.25) is 0 Å². The van der Waals surface area contributed by atoms with Gasteiger partial charge in [-0.25, -0.2) is 0 Å². The molecule has 2 N–H and O–H groups in total. The van der Waals surface area contributed by atoms with Crippen LogP contribution in [0.1, 0.15) is 5.56 Å². The van der Waals surface area contributed by atoms with E-state index in [1.54, 1.807) is 0 Å². The molecule has 0 heterocycles. The Morgan fingerprint density at radius 3 is 2.58 bits per heavy atom. The van der Waals surface area contributed by atoms with E-state index in [2.05, 4.69) is 0 Å². The number of hydrogen-bond acceptors (Lipinski definition) is 3. The second-order valence-electron chi connectivity index (χ2n) is 2.35. The Kier molecular flexibility index (Phi) is 3.29. The molecule has 0 fully saturated rings. The van der Waals surface area contributed by atoms with Crippen molar-refractivity contribution in [2.45, 2.75) is 6.61 Å². The van der Waals surface area contributed by atoms with E-state index in [4.69, 9.17) is 10.5 Å². The highest BCUT2D eigenvalue weighted by Crippen LogP contribution is 1.99. The SMILES string of the molecule is [15NH2]CC(=O)OCc1ccccc1. The van der Waals surface area contributed by atoms with Crippen molar-refractivity contribution >= 4 is 5.97 Å². The third-order valence-corrected chi connectivity index (χ3v) is 1.41. The number of benzene rings is 1. The molecule has 0 aliphatic rings. The zero-order chi connectivity index (χ0) is 8.81. The van der Waals surface area contributed by atoms with Crippen molar-refractivity contribution in [1.29, 1.82) is 0 Å². The van der Waals surface area contributed by atoms with E-state index in [1.165, 1.54) is 0 Å². The zero-order valence-corrected chi connectivity index (χ0v) is 6.69. The van der Waals surface area contributed by atoms with Gasteiger partial charge in [0.2, 0.25) is 0 Å². The van der Waals surface area contributed by atoms with Crippen molar-refractivity contribution in [3.8, 4) is 0 Å². The van der Waals surface area contributed by atoms with Crippen molar-refractivity contribution in [2.24, 2.45) is 5.73 Å². The molecule has 0 aliphatic carbocycles. The summed E-state index contributed by atoms with van der Waals surface area (Å²) in [6, 6.07) is 9.49. The lowest BCUT2D eigenvalue weighted by atomic mass is 10.2. The molecule has 3 heteroatoms. The Balaban J connectivity index is 2.38. The fourth-order valence-corrected chi connectivity index (χ4v) is 0.797. The highest BCUT2D eigenvalue weighted by atomic mass is 16.5. The van der Waals surface area contributed by atoms with E-state index < -0.39 is 0 Å². The van der Waals surface area contributed by atoms with Gasteiger partial charge in [-0.2, -0.15) is 0 Å². The molecule has 12 heavy (non-hydrogen) atoms. The van der Waals surface area contributed by atoms with Gasteiger partial charge in [-0.05, 0) is 5.56 Å². The lowest BCUT2D eigenvalue weighted by Gasteiger charge is -2.01. The van der Waals surface area contributed by atoms with Crippen LogP contribution in [0.3, 0.4) is 0 Å². The van der Waals surface area contributed by atoms with E-state index >= 15 is 0 Å². The number of carbonyl (C=O) groups excluding carboxylic acids is 1. The molecule has 0 atom stereocenters. The zero-order valence-electron chi connectivity index (χ0n) is 6.69. The Labute approximate surface area is 71.1 Å². The summed E-state index contributed by atoms with van der Waals surface area (Å²) in [5.41, 5.74) is 6.03. The van der Waals surface area contributed by atoms with E-state index in [-0.39, 0.29) is 12.5 Å². The average molecular weight is 166 g/mol. The minimum Gasteiger partial charge on any atom is -0.460 e. The summed E-state index contributed by atoms with van der Waals surface area (Å²) in [5, 5.41) is 0. The molecule has 0 radical (unpaired) electrons. The molecule has 0 unspecified atom stereocenters. The molecule has 1 rings (SSSR count). The standard InChI is InChI=1S/C9H11NO2/c10-6-9(11)12-7-8-4-2-1-3-5-8/h1-5H,6-7,10H2/i10+1. The van der Waals surface area contributed by atoms with E-state index in [0.717, 1.165) is 5.56 Å². The number of esters is 1. The van der Waals surface area contributed by atoms with Crippen LogP contribution < -0.4 is 5.73 Å². The van der Waals surface area contributed by atoms with Crippen molar-refractivity contribution in [2.75, 3.05) is 6.54 Å². The molecule has 64 valence electrons.